The fraction of sp³-hybridized carbons (Fsp3) is 0.538. The summed E-state index contributed by atoms with van der Waals surface area (Å²) in [6.07, 6.45) is 1.24. The fourth-order valence-electron chi connectivity index (χ4n) is 1.63. The van der Waals surface area contributed by atoms with E-state index in [4.69, 9.17) is 17.3 Å². The molecule has 0 aliphatic rings. The van der Waals surface area contributed by atoms with Crippen LogP contribution in [0.15, 0.2) is 23.1 Å². The minimum atomic E-state index is -3.42. The van der Waals surface area contributed by atoms with Crippen LogP contribution in [-0.4, -0.2) is 20.7 Å². The third-order valence-electron chi connectivity index (χ3n) is 3.07. The van der Waals surface area contributed by atoms with Crippen LogP contribution in [0.25, 0.3) is 0 Å². The van der Waals surface area contributed by atoms with E-state index in [1.165, 1.54) is 6.07 Å². The van der Waals surface area contributed by atoms with Gasteiger partial charge in [-0.3, -0.25) is 0 Å². The van der Waals surface area contributed by atoms with Crippen molar-refractivity contribution >= 4 is 21.4 Å². The van der Waals surface area contributed by atoms with Crippen LogP contribution in [0, 0.1) is 11.2 Å². The number of hydrogen-bond donors (Lipinski definition) is 1. The van der Waals surface area contributed by atoms with Crippen LogP contribution in [0.1, 0.15) is 26.7 Å². The topological polar surface area (TPSA) is 60.2 Å². The first kappa shape index (κ1) is 16.4. The molecule has 1 rings (SSSR count). The Morgan fingerprint density at radius 2 is 2.00 bits per heavy atom. The number of halogens is 2. The summed E-state index contributed by atoms with van der Waals surface area (Å²) >= 11 is 5.59. The predicted octanol–water partition coefficient (Wildman–Crippen LogP) is 3.02. The van der Waals surface area contributed by atoms with Gasteiger partial charge >= 0.3 is 0 Å². The van der Waals surface area contributed by atoms with Crippen LogP contribution in [0.3, 0.4) is 0 Å². The molecule has 0 amide bonds. The van der Waals surface area contributed by atoms with Crippen LogP contribution >= 0.6 is 11.6 Å². The maximum absolute atomic E-state index is 13.0. The number of nitrogens with two attached hydrogens (primary N) is 1. The minimum Gasteiger partial charge on any atom is -0.330 e. The molecular formula is C13H19ClFNO2S. The molecule has 0 aromatic heterocycles. The zero-order valence-electron chi connectivity index (χ0n) is 11.1. The number of rotatable bonds is 6. The van der Waals surface area contributed by atoms with Crippen molar-refractivity contribution in [3.63, 3.8) is 0 Å². The van der Waals surface area contributed by atoms with Crippen molar-refractivity contribution < 1.29 is 12.8 Å². The van der Waals surface area contributed by atoms with Gasteiger partial charge in [0.05, 0.1) is 15.7 Å². The second-order valence-electron chi connectivity index (χ2n) is 5.37. The fourth-order valence-corrected chi connectivity index (χ4v) is 3.21. The molecule has 0 fully saturated rings. The molecule has 2 N–H and O–H groups in total. The molecule has 0 saturated carbocycles. The lowest BCUT2D eigenvalue weighted by molar-refractivity contribution is 0.344. The lowest BCUT2D eigenvalue weighted by atomic mass is 9.88. The van der Waals surface area contributed by atoms with Gasteiger partial charge in [0, 0.05) is 0 Å². The van der Waals surface area contributed by atoms with Crippen molar-refractivity contribution in [1.82, 2.24) is 0 Å². The highest BCUT2D eigenvalue weighted by atomic mass is 35.5. The molecular weight excluding hydrogens is 289 g/mol. The van der Waals surface area contributed by atoms with Gasteiger partial charge in [-0.15, -0.1) is 0 Å². The van der Waals surface area contributed by atoms with Gasteiger partial charge in [0.15, 0.2) is 9.84 Å². The second-order valence-corrected chi connectivity index (χ2v) is 7.88. The van der Waals surface area contributed by atoms with E-state index >= 15 is 0 Å². The summed E-state index contributed by atoms with van der Waals surface area (Å²) in [5.41, 5.74) is 5.52. The highest BCUT2D eigenvalue weighted by Gasteiger charge is 2.20. The van der Waals surface area contributed by atoms with Gasteiger partial charge in [-0.25, -0.2) is 12.8 Å². The second kappa shape index (κ2) is 6.20. The van der Waals surface area contributed by atoms with Gasteiger partial charge in [-0.1, -0.05) is 25.4 Å². The molecule has 19 heavy (non-hydrogen) atoms. The summed E-state index contributed by atoms with van der Waals surface area (Å²) < 4.78 is 37.1. The molecule has 0 spiro atoms. The molecule has 0 aliphatic heterocycles. The van der Waals surface area contributed by atoms with Crippen LogP contribution in [-0.2, 0) is 9.84 Å². The molecule has 108 valence electrons. The average molecular weight is 308 g/mol. The van der Waals surface area contributed by atoms with Gasteiger partial charge in [0.25, 0.3) is 0 Å². The smallest absolute Gasteiger partial charge is 0.178 e. The Hall–Kier alpha value is -0.650. The lowest BCUT2D eigenvalue weighted by Crippen LogP contribution is -2.24. The molecule has 0 heterocycles. The zero-order chi connectivity index (χ0) is 14.7. The molecule has 0 bridgehead atoms. The number of hydrogen-bond acceptors (Lipinski definition) is 3. The van der Waals surface area contributed by atoms with Gasteiger partial charge < -0.3 is 5.73 Å². The minimum absolute atomic E-state index is 0.0123. The highest BCUT2D eigenvalue weighted by Crippen LogP contribution is 2.24. The molecule has 0 aliphatic carbocycles. The van der Waals surface area contributed by atoms with E-state index in [9.17, 15) is 12.8 Å². The normalized spacial score (nSPS) is 12.7. The summed E-state index contributed by atoms with van der Waals surface area (Å²) in [5, 5.41) is -0.177. The predicted molar refractivity (Wildman–Crippen MR) is 75.5 cm³/mol. The van der Waals surface area contributed by atoms with E-state index in [2.05, 4.69) is 0 Å². The number of benzene rings is 1. The zero-order valence-corrected chi connectivity index (χ0v) is 12.7. The van der Waals surface area contributed by atoms with Crippen molar-refractivity contribution in [3.05, 3.63) is 29.0 Å². The van der Waals surface area contributed by atoms with Crippen molar-refractivity contribution in [2.24, 2.45) is 11.1 Å². The molecule has 0 saturated heterocycles. The molecule has 1 aromatic carbocycles. The van der Waals surface area contributed by atoms with Crippen molar-refractivity contribution in [2.45, 2.75) is 31.6 Å². The van der Waals surface area contributed by atoms with E-state index in [0.717, 1.165) is 18.6 Å². The van der Waals surface area contributed by atoms with E-state index in [1.807, 2.05) is 13.8 Å². The highest BCUT2D eigenvalue weighted by molar-refractivity contribution is 7.91. The number of sulfone groups is 1. The largest absolute Gasteiger partial charge is 0.330 e. The molecule has 1 aromatic rings. The van der Waals surface area contributed by atoms with E-state index in [-0.39, 0.29) is 21.1 Å². The summed E-state index contributed by atoms with van der Waals surface area (Å²) in [7, 11) is -3.42. The van der Waals surface area contributed by atoms with Crippen LogP contribution in [0.4, 0.5) is 4.39 Å². The lowest BCUT2D eigenvalue weighted by Gasteiger charge is -2.21. The SMILES string of the molecule is CC(C)(CN)CCCS(=O)(=O)c1ccc(F)c(Cl)c1. The molecule has 6 heteroatoms. The Morgan fingerprint density at radius 1 is 1.37 bits per heavy atom. The van der Waals surface area contributed by atoms with Gasteiger partial charge in [0.2, 0.25) is 0 Å². The van der Waals surface area contributed by atoms with Gasteiger partial charge in [-0.2, -0.15) is 0 Å². The molecule has 0 atom stereocenters. The third kappa shape index (κ3) is 4.75. The maximum Gasteiger partial charge on any atom is 0.178 e. The molecule has 0 unspecified atom stereocenters. The summed E-state index contributed by atoms with van der Waals surface area (Å²) in [6.45, 7) is 4.50. The van der Waals surface area contributed by atoms with Gasteiger partial charge in [0.1, 0.15) is 5.82 Å². The first-order valence-electron chi connectivity index (χ1n) is 6.06. The van der Waals surface area contributed by atoms with Crippen LogP contribution in [0.5, 0.6) is 0 Å². The van der Waals surface area contributed by atoms with E-state index in [1.54, 1.807) is 0 Å². The Bertz CT molecular complexity index is 544. The summed E-state index contributed by atoms with van der Waals surface area (Å²) in [4.78, 5) is 0.0597. The standard InChI is InChI=1S/C13H19ClFNO2S/c1-13(2,9-16)6-3-7-19(17,18)10-4-5-12(15)11(14)8-10/h4-5,8H,3,6-7,9,16H2,1-2H3. The quantitative estimate of drug-likeness (QED) is 0.822. The third-order valence-corrected chi connectivity index (χ3v) is 5.16. The first-order chi connectivity index (χ1) is 8.68. The van der Waals surface area contributed by atoms with Crippen molar-refractivity contribution in [3.8, 4) is 0 Å². The monoisotopic (exact) mass is 307 g/mol. The Balaban J connectivity index is 2.74. The van der Waals surface area contributed by atoms with Crippen LogP contribution < -0.4 is 5.73 Å². The molecule has 3 nitrogen and oxygen atoms in total. The summed E-state index contributed by atoms with van der Waals surface area (Å²) in [6, 6.07) is 3.46. The van der Waals surface area contributed by atoms with Crippen molar-refractivity contribution in [2.75, 3.05) is 12.3 Å². The Labute approximate surface area is 118 Å². The Kier molecular flexibility index (Phi) is 5.35. The van der Waals surface area contributed by atoms with E-state index in [0.29, 0.717) is 13.0 Å². The summed E-state index contributed by atoms with van der Waals surface area (Å²) in [5.74, 6) is -0.608. The Morgan fingerprint density at radius 3 is 2.53 bits per heavy atom. The van der Waals surface area contributed by atoms with Crippen LogP contribution in [0.2, 0.25) is 5.02 Å². The average Bonchev–Trinajstić information content (AvgIpc) is 2.32. The molecule has 0 radical (unpaired) electrons. The van der Waals surface area contributed by atoms with Crippen molar-refractivity contribution in [1.29, 1.82) is 0 Å². The first-order valence-corrected chi connectivity index (χ1v) is 8.09. The maximum atomic E-state index is 13.0. The van der Waals surface area contributed by atoms with E-state index < -0.39 is 15.7 Å². The van der Waals surface area contributed by atoms with Gasteiger partial charge in [-0.05, 0) is 43.0 Å².